The van der Waals surface area contributed by atoms with Crippen LogP contribution in [0.15, 0.2) is 30.5 Å². The largest absolute Gasteiger partial charge is 0.347 e. The van der Waals surface area contributed by atoms with Crippen molar-refractivity contribution in [2.45, 2.75) is 59.5 Å². The highest BCUT2D eigenvalue weighted by Crippen LogP contribution is 2.22. The van der Waals surface area contributed by atoms with Gasteiger partial charge in [-0.05, 0) is 30.5 Å². The molecule has 0 radical (unpaired) electrons. The van der Waals surface area contributed by atoms with Gasteiger partial charge in [-0.1, -0.05) is 58.2 Å². The summed E-state index contributed by atoms with van der Waals surface area (Å²) in [6.07, 6.45) is 7.62. The lowest BCUT2D eigenvalue weighted by Gasteiger charge is -2.06. The fourth-order valence-corrected chi connectivity index (χ4v) is 2.85. The molecule has 0 aliphatic carbocycles. The Labute approximate surface area is 129 Å². The van der Waals surface area contributed by atoms with Crippen LogP contribution in [-0.4, -0.2) is 11.1 Å². The van der Waals surface area contributed by atoms with Crippen molar-refractivity contribution in [3.05, 3.63) is 36.0 Å². The Kier molecular flexibility index (Phi) is 6.31. The predicted octanol–water partition coefficient (Wildman–Crippen LogP) is 4.97. The van der Waals surface area contributed by atoms with Crippen LogP contribution in [-0.2, 0) is 13.1 Å². The Hall–Kier alpha value is -1.28. The quantitative estimate of drug-likeness (QED) is 0.644. The molecule has 21 heavy (non-hydrogen) atoms. The van der Waals surface area contributed by atoms with Crippen molar-refractivity contribution in [2.24, 2.45) is 5.92 Å². The summed E-state index contributed by atoms with van der Waals surface area (Å²) in [6, 6.07) is 8.80. The second-order valence-electron chi connectivity index (χ2n) is 6.45. The van der Waals surface area contributed by atoms with E-state index in [1.807, 2.05) is 0 Å². The number of hydrogen-bond donors (Lipinski definition) is 1. The fourth-order valence-electron chi connectivity index (χ4n) is 2.85. The number of hydrogen-bond acceptors (Lipinski definition) is 1. The molecule has 2 heteroatoms. The first kappa shape index (κ1) is 16.1. The number of nitrogens with one attached hydrogen (secondary N) is 1. The molecular formula is C19H30N2. The van der Waals surface area contributed by atoms with E-state index in [-0.39, 0.29) is 0 Å². The van der Waals surface area contributed by atoms with Gasteiger partial charge in [0.2, 0.25) is 0 Å². The molecule has 0 amide bonds. The van der Waals surface area contributed by atoms with Crippen molar-refractivity contribution >= 4 is 10.9 Å². The number of rotatable bonds is 9. The summed E-state index contributed by atoms with van der Waals surface area (Å²) in [5.74, 6) is 0.701. The zero-order chi connectivity index (χ0) is 15.1. The SMILES string of the molecule is CCCCCCn1cc(CNCC(C)C)c2ccccc21. The van der Waals surface area contributed by atoms with Crippen LogP contribution in [0, 0.1) is 5.92 Å². The molecule has 0 saturated heterocycles. The molecule has 0 aliphatic heterocycles. The minimum atomic E-state index is 0.701. The summed E-state index contributed by atoms with van der Waals surface area (Å²) in [5.41, 5.74) is 2.82. The summed E-state index contributed by atoms with van der Waals surface area (Å²) in [7, 11) is 0. The van der Waals surface area contributed by atoms with E-state index in [9.17, 15) is 0 Å². The second-order valence-corrected chi connectivity index (χ2v) is 6.45. The zero-order valence-electron chi connectivity index (χ0n) is 13.9. The van der Waals surface area contributed by atoms with Gasteiger partial charge in [-0.15, -0.1) is 0 Å². The molecule has 116 valence electrons. The third kappa shape index (κ3) is 4.60. The molecular weight excluding hydrogens is 256 g/mol. The molecule has 0 saturated carbocycles. The summed E-state index contributed by atoms with van der Waals surface area (Å²) < 4.78 is 2.44. The van der Waals surface area contributed by atoms with E-state index in [4.69, 9.17) is 0 Å². The number of fused-ring (bicyclic) bond motifs is 1. The first-order valence-electron chi connectivity index (χ1n) is 8.49. The first-order valence-corrected chi connectivity index (χ1v) is 8.49. The highest BCUT2D eigenvalue weighted by atomic mass is 15.0. The van der Waals surface area contributed by atoms with Gasteiger partial charge in [0.05, 0.1) is 0 Å². The number of aryl methyl sites for hydroxylation is 1. The van der Waals surface area contributed by atoms with Gasteiger partial charge in [0.15, 0.2) is 0 Å². The lowest BCUT2D eigenvalue weighted by molar-refractivity contribution is 0.551. The maximum Gasteiger partial charge on any atom is 0.0483 e. The molecule has 2 nitrogen and oxygen atoms in total. The Bertz CT molecular complexity index is 539. The van der Waals surface area contributed by atoms with Gasteiger partial charge >= 0.3 is 0 Å². The van der Waals surface area contributed by atoms with Crippen LogP contribution in [0.5, 0.6) is 0 Å². The van der Waals surface area contributed by atoms with Crippen LogP contribution in [0.4, 0.5) is 0 Å². The molecule has 1 N–H and O–H groups in total. The van der Waals surface area contributed by atoms with Crippen LogP contribution in [0.25, 0.3) is 10.9 Å². The molecule has 1 aromatic carbocycles. The smallest absolute Gasteiger partial charge is 0.0483 e. The molecule has 1 heterocycles. The van der Waals surface area contributed by atoms with Crippen molar-refractivity contribution in [3.63, 3.8) is 0 Å². The van der Waals surface area contributed by atoms with Crippen molar-refractivity contribution in [1.29, 1.82) is 0 Å². The Morgan fingerprint density at radius 2 is 1.90 bits per heavy atom. The van der Waals surface area contributed by atoms with Crippen LogP contribution in [0.3, 0.4) is 0 Å². The number of nitrogens with zero attached hydrogens (tertiary/aromatic N) is 1. The standard InChI is InChI=1S/C19H30N2/c1-4-5-6-9-12-21-15-17(14-20-13-16(2)3)18-10-7-8-11-19(18)21/h7-8,10-11,15-16,20H,4-6,9,12-14H2,1-3H3. The Morgan fingerprint density at radius 3 is 2.67 bits per heavy atom. The number of aromatic nitrogens is 1. The van der Waals surface area contributed by atoms with Gasteiger partial charge in [-0.25, -0.2) is 0 Å². The maximum atomic E-state index is 3.57. The average Bonchev–Trinajstić information content (AvgIpc) is 2.82. The average molecular weight is 286 g/mol. The Balaban J connectivity index is 2.06. The lowest BCUT2D eigenvalue weighted by atomic mass is 10.1. The van der Waals surface area contributed by atoms with E-state index in [2.05, 4.69) is 61.1 Å². The molecule has 0 bridgehead atoms. The highest BCUT2D eigenvalue weighted by Gasteiger charge is 2.07. The lowest BCUT2D eigenvalue weighted by Crippen LogP contribution is -2.18. The van der Waals surface area contributed by atoms with Gasteiger partial charge < -0.3 is 9.88 Å². The van der Waals surface area contributed by atoms with E-state index in [1.54, 1.807) is 0 Å². The van der Waals surface area contributed by atoms with E-state index in [0.717, 1.165) is 19.6 Å². The predicted molar refractivity (Wildman–Crippen MR) is 92.6 cm³/mol. The van der Waals surface area contributed by atoms with Crippen molar-refractivity contribution in [1.82, 2.24) is 9.88 Å². The van der Waals surface area contributed by atoms with Crippen molar-refractivity contribution < 1.29 is 0 Å². The van der Waals surface area contributed by atoms with Gasteiger partial charge in [0.25, 0.3) is 0 Å². The van der Waals surface area contributed by atoms with E-state index in [1.165, 1.54) is 42.1 Å². The third-order valence-corrected chi connectivity index (χ3v) is 3.99. The molecule has 2 aromatic rings. The van der Waals surface area contributed by atoms with Gasteiger partial charge in [-0.3, -0.25) is 0 Å². The van der Waals surface area contributed by atoms with Gasteiger partial charge in [0, 0.05) is 30.2 Å². The summed E-state index contributed by atoms with van der Waals surface area (Å²) in [6.45, 7) is 9.97. The van der Waals surface area contributed by atoms with Gasteiger partial charge in [-0.2, -0.15) is 0 Å². The first-order chi connectivity index (χ1) is 10.2. The fraction of sp³-hybridized carbons (Fsp3) is 0.579. The minimum Gasteiger partial charge on any atom is -0.347 e. The number of para-hydroxylation sites is 1. The second kappa shape index (κ2) is 8.23. The van der Waals surface area contributed by atoms with Crippen LogP contribution in [0.2, 0.25) is 0 Å². The minimum absolute atomic E-state index is 0.701. The monoisotopic (exact) mass is 286 g/mol. The molecule has 0 atom stereocenters. The van der Waals surface area contributed by atoms with Crippen LogP contribution < -0.4 is 5.32 Å². The molecule has 2 rings (SSSR count). The maximum absolute atomic E-state index is 3.57. The topological polar surface area (TPSA) is 17.0 Å². The highest BCUT2D eigenvalue weighted by molar-refractivity contribution is 5.83. The van der Waals surface area contributed by atoms with Crippen LogP contribution >= 0.6 is 0 Å². The van der Waals surface area contributed by atoms with E-state index >= 15 is 0 Å². The number of unbranched alkanes of at least 4 members (excludes halogenated alkanes) is 3. The normalized spacial score (nSPS) is 11.6. The Morgan fingerprint density at radius 1 is 1.10 bits per heavy atom. The van der Waals surface area contributed by atoms with Crippen LogP contribution in [0.1, 0.15) is 52.0 Å². The van der Waals surface area contributed by atoms with E-state index < -0.39 is 0 Å². The molecule has 0 aliphatic rings. The van der Waals surface area contributed by atoms with Gasteiger partial charge in [0.1, 0.15) is 0 Å². The van der Waals surface area contributed by atoms with Crippen molar-refractivity contribution in [3.8, 4) is 0 Å². The summed E-state index contributed by atoms with van der Waals surface area (Å²) in [5, 5.41) is 4.98. The number of benzene rings is 1. The summed E-state index contributed by atoms with van der Waals surface area (Å²) >= 11 is 0. The molecule has 0 unspecified atom stereocenters. The molecule has 1 aromatic heterocycles. The summed E-state index contributed by atoms with van der Waals surface area (Å²) in [4.78, 5) is 0. The van der Waals surface area contributed by atoms with E-state index in [0.29, 0.717) is 5.92 Å². The third-order valence-electron chi connectivity index (χ3n) is 3.99. The molecule has 0 fully saturated rings. The zero-order valence-corrected chi connectivity index (χ0v) is 13.9. The molecule has 0 spiro atoms. The van der Waals surface area contributed by atoms with Crippen molar-refractivity contribution in [2.75, 3.05) is 6.54 Å².